The largest absolute Gasteiger partial charge is 0.508 e. The number of rotatable bonds is 7. The maximum absolute atomic E-state index is 12.9. The Morgan fingerprint density at radius 2 is 1.08 bits per heavy atom. The van der Waals surface area contributed by atoms with Crippen LogP contribution in [0.3, 0.4) is 0 Å². The SMILES string of the molecule is COC(=O)c1ccc(O)cc1Nc1ccc(F)cc1.COC(=O)c1ccc(OC)cc1Nc1ccc(F)cc1. The zero-order valence-electron chi connectivity index (χ0n) is 21.3. The van der Waals surface area contributed by atoms with Crippen molar-refractivity contribution in [3.05, 3.63) is 108 Å². The third kappa shape index (κ3) is 7.93. The van der Waals surface area contributed by atoms with Crippen molar-refractivity contribution < 1.29 is 37.7 Å². The smallest absolute Gasteiger partial charge is 0.339 e. The zero-order valence-corrected chi connectivity index (χ0v) is 21.3. The number of aromatic hydroxyl groups is 1. The van der Waals surface area contributed by atoms with Gasteiger partial charge in [-0.15, -0.1) is 0 Å². The van der Waals surface area contributed by atoms with Crippen molar-refractivity contribution in [2.45, 2.75) is 0 Å². The minimum atomic E-state index is -0.524. The molecule has 39 heavy (non-hydrogen) atoms. The lowest BCUT2D eigenvalue weighted by Crippen LogP contribution is -2.06. The van der Waals surface area contributed by atoms with E-state index in [-0.39, 0.29) is 22.9 Å². The maximum Gasteiger partial charge on any atom is 0.339 e. The molecule has 4 aromatic carbocycles. The number of hydrogen-bond donors (Lipinski definition) is 3. The minimum absolute atomic E-state index is 0.0114. The fraction of sp³-hybridized carbons (Fsp3) is 0.103. The number of benzene rings is 4. The summed E-state index contributed by atoms with van der Waals surface area (Å²) >= 11 is 0. The molecule has 0 atom stereocenters. The topological polar surface area (TPSA) is 106 Å². The molecule has 0 bridgehead atoms. The van der Waals surface area contributed by atoms with Crippen molar-refractivity contribution in [1.29, 1.82) is 0 Å². The monoisotopic (exact) mass is 536 g/mol. The molecule has 0 fully saturated rings. The van der Waals surface area contributed by atoms with E-state index in [0.717, 1.165) is 0 Å². The highest BCUT2D eigenvalue weighted by Gasteiger charge is 2.14. The van der Waals surface area contributed by atoms with Crippen molar-refractivity contribution in [1.82, 2.24) is 0 Å². The Kier molecular flexibility index (Phi) is 9.80. The first-order chi connectivity index (χ1) is 18.7. The number of esters is 2. The molecule has 202 valence electrons. The second-order valence-electron chi connectivity index (χ2n) is 7.89. The molecule has 0 unspecified atom stereocenters. The minimum Gasteiger partial charge on any atom is -0.508 e. The van der Waals surface area contributed by atoms with Gasteiger partial charge in [0.2, 0.25) is 0 Å². The van der Waals surface area contributed by atoms with Crippen molar-refractivity contribution in [2.24, 2.45) is 0 Å². The molecule has 4 rings (SSSR count). The van der Waals surface area contributed by atoms with Gasteiger partial charge in [-0.05, 0) is 72.8 Å². The fourth-order valence-corrected chi connectivity index (χ4v) is 3.34. The highest BCUT2D eigenvalue weighted by atomic mass is 19.1. The van der Waals surface area contributed by atoms with Gasteiger partial charge in [0.25, 0.3) is 0 Å². The highest BCUT2D eigenvalue weighted by molar-refractivity contribution is 5.97. The quantitative estimate of drug-likeness (QED) is 0.232. The van der Waals surface area contributed by atoms with Gasteiger partial charge in [0.05, 0.1) is 43.8 Å². The number of methoxy groups -OCH3 is 3. The summed E-state index contributed by atoms with van der Waals surface area (Å²) in [7, 11) is 4.12. The summed E-state index contributed by atoms with van der Waals surface area (Å²) in [6.07, 6.45) is 0. The Morgan fingerprint density at radius 1 is 0.641 bits per heavy atom. The average Bonchev–Trinajstić information content (AvgIpc) is 2.95. The van der Waals surface area contributed by atoms with Crippen LogP contribution in [0, 0.1) is 11.6 Å². The van der Waals surface area contributed by atoms with Crippen molar-refractivity contribution in [3.8, 4) is 11.5 Å². The summed E-state index contributed by atoms with van der Waals surface area (Å²) in [6, 6.07) is 20.7. The van der Waals surface area contributed by atoms with Crippen molar-refractivity contribution in [2.75, 3.05) is 32.0 Å². The van der Waals surface area contributed by atoms with Crippen LogP contribution in [0.5, 0.6) is 11.5 Å². The summed E-state index contributed by atoms with van der Waals surface area (Å²) < 4.78 is 40.2. The van der Waals surface area contributed by atoms with Gasteiger partial charge in [0.1, 0.15) is 23.1 Å². The van der Waals surface area contributed by atoms with Gasteiger partial charge in [0, 0.05) is 23.5 Å². The zero-order chi connectivity index (χ0) is 28.4. The van der Waals surface area contributed by atoms with E-state index >= 15 is 0 Å². The molecule has 0 aliphatic rings. The van der Waals surface area contributed by atoms with Gasteiger partial charge >= 0.3 is 11.9 Å². The third-order valence-electron chi connectivity index (χ3n) is 5.29. The summed E-state index contributed by atoms with van der Waals surface area (Å²) in [5.41, 5.74) is 2.82. The number of phenols is 1. The lowest BCUT2D eigenvalue weighted by Gasteiger charge is -2.12. The number of anilines is 4. The van der Waals surface area contributed by atoms with Gasteiger partial charge < -0.3 is 30.0 Å². The molecular weight excluding hydrogens is 510 g/mol. The van der Waals surface area contributed by atoms with Crippen molar-refractivity contribution in [3.63, 3.8) is 0 Å². The van der Waals surface area contributed by atoms with Crippen LogP contribution in [-0.4, -0.2) is 38.4 Å². The van der Waals surface area contributed by atoms with Crippen LogP contribution < -0.4 is 15.4 Å². The van der Waals surface area contributed by atoms with Gasteiger partial charge in [-0.1, -0.05) is 0 Å². The number of hydrogen-bond acceptors (Lipinski definition) is 8. The van der Waals surface area contributed by atoms with Crippen LogP contribution in [0.1, 0.15) is 20.7 Å². The van der Waals surface area contributed by atoms with E-state index < -0.39 is 11.9 Å². The molecule has 0 saturated heterocycles. The second-order valence-corrected chi connectivity index (χ2v) is 7.89. The first-order valence-corrected chi connectivity index (χ1v) is 11.5. The molecular formula is C29H26F2N2O6. The Balaban J connectivity index is 0.000000216. The maximum atomic E-state index is 12.9. The number of halogens is 2. The normalized spacial score (nSPS) is 9.97. The molecule has 0 amide bonds. The molecule has 0 aliphatic carbocycles. The summed E-state index contributed by atoms with van der Waals surface area (Å²) in [5.74, 6) is -1.05. The Bertz CT molecular complexity index is 1430. The number of phenolic OH excluding ortho intramolecular Hbond substituents is 1. The van der Waals surface area contributed by atoms with Crippen LogP contribution in [0.4, 0.5) is 31.5 Å². The Morgan fingerprint density at radius 3 is 1.51 bits per heavy atom. The first-order valence-electron chi connectivity index (χ1n) is 11.5. The highest BCUT2D eigenvalue weighted by Crippen LogP contribution is 2.27. The fourth-order valence-electron chi connectivity index (χ4n) is 3.34. The van der Waals surface area contributed by atoms with E-state index in [9.17, 15) is 23.5 Å². The summed E-state index contributed by atoms with van der Waals surface area (Å²) in [6.45, 7) is 0. The van der Waals surface area contributed by atoms with E-state index in [1.165, 1.54) is 75.9 Å². The standard InChI is InChI=1S/C15H14FNO3.C14H12FNO3/c1-19-12-7-8-13(15(18)20-2)14(9-12)17-11-5-3-10(16)4-6-11;1-19-14(18)12-7-6-11(17)8-13(12)16-10-4-2-9(15)3-5-10/h3-9,17H,1-2H3;2-8,16-17H,1H3. The second kappa shape index (κ2) is 13.4. The molecule has 8 nitrogen and oxygen atoms in total. The predicted octanol–water partition coefficient (Wildman–Crippen LogP) is 6.43. The molecule has 0 heterocycles. The van der Waals surface area contributed by atoms with Gasteiger partial charge in [-0.25, -0.2) is 18.4 Å². The van der Waals surface area contributed by atoms with Crippen molar-refractivity contribution >= 4 is 34.7 Å². The van der Waals surface area contributed by atoms with E-state index in [2.05, 4.69) is 15.4 Å². The Hall–Kier alpha value is -5.12. The van der Waals surface area contributed by atoms with Gasteiger partial charge in [-0.3, -0.25) is 0 Å². The number of carbonyl (C=O) groups excluding carboxylic acids is 2. The molecule has 0 spiro atoms. The molecule has 4 aromatic rings. The summed E-state index contributed by atoms with van der Waals surface area (Å²) in [4.78, 5) is 23.3. The first kappa shape index (κ1) is 28.5. The lowest BCUT2D eigenvalue weighted by molar-refractivity contribution is 0.0593. The van der Waals surface area contributed by atoms with Crippen LogP contribution in [0.25, 0.3) is 0 Å². The molecule has 0 aromatic heterocycles. The third-order valence-corrected chi connectivity index (χ3v) is 5.29. The molecule has 0 radical (unpaired) electrons. The van der Waals surface area contributed by atoms with E-state index in [0.29, 0.717) is 34.1 Å². The van der Waals surface area contributed by atoms with Crippen LogP contribution in [0.15, 0.2) is 84.9 Å². The molecule has 3 N–H and O–H groups in total. The van der Waals surface area contributed by atoms with Crippen LogP contribution >= 0.6 is 0 Å². The van der Waals surface area contributed by atoms with E-state index in [1.54, 1.807) is 30.3 Å². The number of ether oxygens (including phenoxy) is 3. The lowest BCUT2D eigenvalue weighted by atomic mass is 10.1. The molecule has 0 aliphatic heterocycles. The average molecular weight is 537 g/mol. The predicted molar refractivity (Wildman–Crippen MR) is 143 cm³/mol. The van der Waals surface area contributed by atoms with Crippen LogP contribution in [0.2, 0.25) is 0 Å². The number of nitrogens with one attached hydrogen (secondary N) is 2. The van der Waals surface area contributed by atoms with Crippen LogP contribution in [-0.2, 0) is 9.47 Å². The Labute approximate surface area is 223 Å². The van der Waals surface area contributed by atoms with E-state index in [4.69, 9.17) is 9.47 Å². The van der Waals surface area contributed by atoms with E-state index in [1.807, 2.05) is 0 Å². The number of carbonyl (C=O) groups is 2. The molecule has 10 heteroatoms. The van der Waals surface area contributed by atoms with Gasteiger partial charge in [0.15, 0.2) is 0 Å². The molecule has 0 saturated carbocycles. The van der Waals surface area contributed by atoms with Gasteiger partial charge in [-0.2, -0.15) is 0 Å². The summed E-state index contributed by atoms with van der Waals surface area (Å²) in [5, 5.41) is 15.4.